The maximum Gasteiger partial charge on any atom is 0.569 e. The minimum atomic E-state index is 0.608. The van der Waals surface area contributed by atoms with Crippen LogP contribution in [0.4, 0.5) is 0 Å². The average molecular weight is 795 g/mol. The van der Waals surface area contributed by atoms with Crippen LogP contribution >= 0.6 is 86.3 Å². The van der Waals surface area contributed by atoms with E-state index in [1.165, 1.54) is 14.7 Å². The monoisotopic (exact) mass is 791 g/mol. The number of rotatable bonds is 3. The summed E-state index contributed by atoms with van der Waals surface area (Å²) >= 11 is 15.8. The highest BCUT2D eigenvalue weighted by atomic mass is 127. The summed E-state index contributed by atoms with van der Waals surface area (Å²) in [7, 11) is 0.655. The Morgan fingerprint density at radius 1 is 0.594 bits per heavy atom. The van der Waals surface area contributed by atoms with Crippen molar-refractivity contribution in [1.82, 2.24) is 0 Å². The Morgan fingerprint density at radius 3 is 1.41 bits per heavy atom. The van der Waals surface area contributed by atoms with E-state index in [4.69, 9.17) is 5.02 Å². The van der Waals surface area contributed by atoms with Crippen molar-refractivity contribution in [3.8, 4) is 16.9 Å². The molecule has 0 bridgehead atoms. The SMILES string of the molecule is Brc1cccc(-c2cccc(Br)c2)c1.Brc1cccc(I)c1.O[B]Oc1cccc(Br)c1. The zero-order chi connectivity index (χ0) is 23.3. The second kappa shape index (κ2) is 15.3. The predicted molar refractivity (Wildman–Crippen MR) is 157 cm³/mol. The zero-order valence-electron chi connectivity index (χ0n) is 16.6. The van der Waals surface area contributed by atoms with Gasteiger partial charge in [-0.1, -0.05) is 100 Å². The van der Waals surface area contributed by atoms with Crippen molar-refractivity contribution in [3.63, 3.8) is 0 Å². The van der Waals surface area contributed by atoms with Crippen molar-refractivity contribution in [2.45, 2.75) is 0 Å². The van der Waals surface area contributed by atoms with E-state index in [9.17, 15) is 0 Å². The normalized spacial score (nSPS) is 9.56. The van der Waals surface area contributed by atoms with Gasteiger partial charge in [-0.2, -0.15) is 0 Å². The Morgan fingerprint density at radius 2 is 1.03 bits per heavy atom. The topological polar surface area (TPSA) is 29.5 Å². The van der Waals surface area contributed by atoms with Gasteiger partial charge in [0.25, 0.3) is 0 Å². The summed E-state index contributed by atoms with van der Waals surface area (Å²) in [6.45, 7) is 0. The summed E-state index contributed by atoms with van der Waals surface area (Å²) in [5.74, 6) is 0.608. The molecular formula is C24H17BBr4IO2. The minimum Gasteiger partial charge on any atom is -0.537 e. The first kappa shape index (κ1) is 27.6. The molecule has 4 aromatic carbocycles. The molecule has 4 aromatic rings. The second-order valence-electron chi connectivity index (χ2n) is 6.14. The third kappa shape index (κ3) is 11.0. The van der Waals surface area contributed by atoms with Gasteiger partial charge in [0.15, 0.2) is 0 Å². The molecule has 8 heteroatoms. The van der Waals surface area contributed by atoms with E-state index in [0.717, 1.165) is 17.9 Å². The molecule has 0 atom stereocenters. The summed E-state index contributed by atoms with van der Waals surface area (Å²) in [4.78, 5) is 0. The van der Waals surface area contributed by atoms with Gasteiger partial charge in [0.05, 0.1) is 0 Å². The fraction of sp³-hybridized carbons (Fsp3) is 0. The number of hydrogen-bond donors (Lipinski definition) is 1. The largest absolute Gasteiger partial charge is 0.569 e. The van der Waals surface area contributed by atoms with Gasteiger partial charge in [-0.05, 0) is 94.4 Å². The molecule has 0 fully saturated rings. The Labute approximate surface area is 236 Å². The van der Waals surface area contributed by atoms with E-state index in [2.05, 4.69) is 127 Å². The standard InChI is InChI=1S/C12H8Br2.C6H5BBrO2.C6H4BrI/c13-11-5-1-3-9(7-11)10-4-2-6-12(14)8-10;8-5-2-1-3-6(4-5)10-7-9;7-5-2-1-3-6(8)4-5/h1-8H;1-4,9H;1-4H. The molecule has 0 aliphatic heterocycles. The lowest BCUT2D eigenvalue weighted by Crippen LogP contribution is -1.98. The lowest BCUT2D eigenvalue weighted by atomic mass is 10.1. The van der Waals surface area contributed by atoms with Gasteiger partial charge in [0.2, 0.25) is 0 Å². The molecule has 0 unspecified atom stereocenters. The fourth-order valence-corrected chi connectivity index (χ4v) is 4.94. The van der Waals surface area contributed by atoms with Crippen LogP contribution in [0.1, 0.15) is 0 Å². The van der Waals surface area contributed by atoms with E-state index in [-0.39, 0.29) is 0 Å². The van der Waals surface area contributed by atoms with Gasteiger partial charge in [-0.3, -0.25) is 0 Å². The maximum atomic E-state index is 8.25. The lowest BCUT2D eigenvalue weighted by molar-refractivity contribution is 0.453. The van der Waals surface area contributed by atoms with Crippen LogP contribution in [0.5, 0.6) is 5.75 Å². The van der Waals surface area contributed by atoms with Gasteiger partial charge >= 0.3 is 7.69 Å². The van der Waals surface area contributed by atoms with Gasteiger partial charge < -0.3 is 9.68 Å². The third-order valence-electron chi connectivity index (χ3n) is 3.75. The summed E-state index contributed by atoms with van der Waals surface area (Å²) in [6.07, 6.45) is 0. The smallest absolute Gasteiger partial charge is 0.537 e. The highest BCUT2D eigenvalue weighted by Gasteiger charge is 1.98. The van der Waals surface area contributed by atoms with Crippen LogP contribution in [0.15, 0.2) is 115 Å². The Kier molecular flexibility index (Phi) is 13.2. The highest BCUT2D eigenvalue weighted by molar-refractivity contribution is 14.1. The number of benzene rings is 4. The Hall–Kier alpha value is -0.645. The molecule has 0 amide bonds. The van der Waals surface area contributed by atoms with Crippen LogP contribution in [0.3, 0.4) is 0 Å². The number of hydrogen-bond acceptors (Lipinski definition) is 2. The van der Waals surface area contributed by atoms with E-state index in [1.54, 1.807) is 12.1 Å². The van der Waals surface area contributed by atoms with Crippen molar-refractivity contribution in [3.05, 3.63) is 119 Å². The molecule has 1 radical (unpaired) electrons. The maximum absolute atomic E-state index is 8.25. The molecule has 0 aromatic heterocycles. The zero-order valence-corrected chi connectivity index (χ0v) is 25.1. The Balaban J connectivity index is 0.000000178. The van der Waals surface area contributed by atoms with Crippen LogP contribution in [0, 0.1) is 3.57 Å². The van der Waals surface area contributed by atoms with Crippen LogP contribution in [-0.2, 0) is 0 Å². The van der Waals surface area contributed by atoms with E-state index in [1.807, 2.05) is 48.5 Å². The van der Waals surface area contributed by atoms with Gasteiger partial charge in [-0.15, -0.1) is 0 Å². The van der Waals surface area contributed by atoms with E-state index >= 15 is 0 Å². The molecule has 0 spiro atoms. The summed E-state index contributed by atoms with van der Waals surface area (Å²) < 4.78 is 10.2. The first-order chi connectivity index (χ1) is 15.4. The van der Waals surface area contributed by atoms with Crippen molar-refractivity contribution < 1.29 is 9.68 Å². The molecule has 0 saturated carbocycles. The van der Waals surface area contributed by atoms with Crippen LogP contribution in [-0.4, -0.2) is 12.7 Å². The Bertz CT molecular complexity index is 1070. The predicted octanol–water partition coefficient (Wildman–Crippen LogP) is 9.29. The quantitative estimate of drug-likeness (QED) is 0.166. The summed E-state index contributed by atoms with van der Waals surface area (Å²) in [5, 5.41) is 8.25. The average Bonchev–Trinajstić information content (AvgIpc) is 2.75. The molecule has 1 N–H and O–H groups in total. The highest BCUT2D eigenvalue weighted by Crippen LogP contribution is 2.25. The van der Waals surface area contributed by atoms with Crippen molar-refractivity contribution >= 4 is 94.0 Å². The molecule has 0 aliphatic carbocycles. The molecule has 0 aliphatic rings. The number of halogens is 5. The van der Waals surface area contributed by atoms with Crippen LogP contribution in [0.25, 0.3) is 11.1 Å². The molecular weight excluding hydrogens is 778 g/mol. The van der Waals surface area contributed by atoms with Gasteiger partial charge in [0.1, 0.15) is 5.75 Å². The summed E-state index contributed by atoms with van der Waals surface area (Å²) in [6, 6.07) is 31.9. The third-order valence-corrected chi connectivity index (χ3v) is 6.40. The van der Waals surface area contributed by atoms with E-state index < -0.39 is 0 Å². The molecule has 163 valence electrons. The van der Waals surface area contributed by atoms with Gasteiger partial charge in [0, 0.05) is 21.5 Å². The fourth-order valence-electron chi connectivity index (χ4n) is 2.40. The molecule has 2 nitrogen and oxygen atoms in total. The van der Waals surface area contributed by atoms with Crippen molar-refractivity contribution in [2.24, 2.45) is 0 Å². The van der Waals surface area contributed by atoms with Crippen molar-refractivity contribution in [1.29, 1.82) is 0 Å². The van der Waals surface area contributed by atoms with E-state index in [0.29, 0.717) is 13.4 Å². The molecule has 32 heavy (non-hydrogen) atoms. The van der Waals surface area contributed by atoms with Crippen LogP contribution < -0.4 is 4.65 Å². The van der Waals surface area contributed by atoms with Crippen LogP contribution in [0.2, 0.25) is 0 Å². The lowest BCUT2D eigenvalue weighted by Gasteiger charge is -2.02. The summed E-state index contributed by atoms with van der Waals surface area (Å²) in [5.41, 5.74) is 2.45. The minimum absolute atomic E-state index is 0.608. The molecule has 0 saturated heterocycles. The second-order valence-corrected chi connectivity index (χ2v) is 11.0. The molecule has 0 heterocycles. The molecule has 4 rings (SSSR count). The van der Waals surface area contributed by atoms with Crippen molar-refractivity contribution in [2.75, 3.05) is 0 Å². The first-order valence-corrected chi connectivity index (χ1v) is 13.4. The van der Waals surface area contributed by atoms with Gasteiger partial charge in [-0.25, -0.2) is 0 Å². The first-order valence-electron chi connectivity index (χ1n) is 9.18.